The predicted molar refractivity (Wildman–Crippen MR) is 225 cm³/mol. The summed E-state index contributed by atoms with van der Waals surface area (Å²) in [5.41, 5.74) is 13.8. The Balaban J connectivity index is 1.23. The summed E-state index contributed by atoms with van der Waals surface area (Å²) in [7, 11) is 0. The quantitative estimate of drug-likeness (QED) is 0.142. The summed E-state index contributed by atoms with van der Waals surface area (Å²) in [6.45, 7) is 4.59. The van der Waals surface area contributed by atoms with Crippen LogP contribution in [0.3, 0.4) is 0 Å². The van der Waals surface area contributed by atoms with Crippen LogP contribution in [0.15, 0.2) is 218 Å². The lowest BCUT2D eigenvalue weighted by Crippen LogP contribution is -2.18. The molecule has 0 aliphatic carbocycles. The van der Waals surface area contributed by atoms with Gasteiger partial charge in [0.15, 0.2) is 0 Å². The third-order valence-electron chi connectivity index (χ3n) is 10.1. The molecule has 8 aromatic carbocycles. The average molecular weight is 683 g/mol. The molecule has 0 saturated carbocycles. The second-order valence-electron chi connectivity index (χ2n) is 13.9. The lowest BCUT2D eigenvalue weighted by atomic mass is 9.78. The number of nitrogens with zero attached hydrogens (tertiary/aromatic N) is 2. The zero-order chi connectivity index (χ0) is 36.0. The first kappa shape index (κ1) is 33.5. The van der Waals surface area contributed by atoms with Crippen LogP contribution in [0.4, 0.5) is 34.1 Å². The summed E-state index contributed by atoms with van der Waals surface area (Å²) in [6, 6.07) is 78.2. The topological polar surface area (TPSA) is 6.48 Å². The molecule has 0 unspecified atom stereocenters. The Kier molecular flexibility index (Phi) is 9.43. The summed E-state index contributed by atoms with van der Waals surface area (Å²) >= 11 is 0. The number of rotatable bonds is 10. The minimum atomic E-state index is -0.0763. The van der Waals surface area contributed by atoms with Gasteiger partial charge in [-0.25, -0.2) is 0 Å². The second kappa shape index (κ2) is 14.9. The summed E-state index contributed by atoms with van der Waals surface area (Å²) in [5, 5.41) is 0. The Labute approximate surface area is 313 Å². The molecule has 0 amide bonds. The standard InChI is InChI=1S/C51H42N2/c1-51(2,43-18-8-3-9-19-43)44-34-32-40(33-35-44)39-28-30-41(31-29-39)42-36-49(52(45-20-10-4-11-21-45)46-22-12-5-13-23-46)38-50(37-42)53(47-24-14-6-15-25-47)48-26-16-7-17-27-48/h3-38H,1-2H3. The van der Waals surface area contributed by atoms with Gasteiger partial charge in [-0.1, -0.05) is 166 Å². The van der Waals surface area contributed by atoms with Crippen LogP contribution in [0, 0.1) is 0 Å². The first-order chi connectivity index (χ1) is 26.0. The van der Waals surface area contributed by atoms with Crippen molar-refractivity contribution in [1.82, 2.24) is 0 Å². The molecule has 0 fully saturated rings. The highest BCUT2D eigenvalue weighted by Crippen LogP contribution is 2.43. The molecule has 0 aliphatic heterocycles. The lowest BCUT2D eigenvalue weighted by molar-refractivity contribution is 0.641. The van der Waals surface area contributed by atoms with Crippen molar-refractivity contribution in [3.8, 4) is 22.3 Å². The van der Waals surface area contributed by atoms with E-state index in [1.165, 1.54) is 22.3 Å². The fourth-order valence-electron chi connectivity index (χ4n) is 7.18. The average Bonchev–Trinajstić information content (AvgIpc) is 3.23. The second-order valence-corrected chi connectivity index (χ2v) is 13.9. The summed E-state index contributed by atoms with van der Waals surface area (Å²) in [4.78, 5) is 4.68. The van der Waals surface area contributed by atoms with Crippen molar-refractivity contribution in [3.05, 3.63) is 230 Å². The molecule has 53 heavy (non-hydrogen) atoms. The molecule has 0 saturated heterocycles. The van der Waals surface area contributed by atoms with Crippen molar-refractivity contribution in [2.45, 2.75) is 19.3 Å². The van der Waals surface area contributed by atoms with Crippen molar-refractivity contribution < 1.29 is 0 Å². The van der Waals surface area contributed by atoms with E-state index in [-0.39, 0.29) is 5.41 Å². The maximum atomic E-state index is 2.34. The highest BCUT2D eigenvalue weighted by Gasteiger charge is 2.23. The zero-order valence-corrected chi connectivity index (χ0v) is 30.2. The van der Waals surface area contributed by atoms with Crippen LogP contribution in [-0.4, -0.2) is 0 Å². The maximum absolute atomic E-state index is 2.34. The first-order valence-electron chi connectivity index (χ1n) is 18.3. The summed E-state index contributed by atoms with van der Waals surface area (Å²) in [5.74, 6) is 0. The minimum Gasteiger partial charge on any atom is -0.310 e. The largest absolute Gasteiger partial charge is 0.310 e. The van der Waals surface area contributed by atoms with Gasteiger partial charge in [-0.05, 0) is 100 Å². The number of hydrogen-bond donors (Lipinski definition) is 0. The Morgan fingerprint density at radius 2 is 0.547 bits per heavy atom. The normalized spacial score (nSPS) is 11.2. The molecule has 0 atom stereocenters. The van der Waals surface area contributed by atoms with Crippen LogP contribution in [0.25, 0.3) is 22.3 Å². The third kappa shape index (κ3) is 7.13. The Morgan fingerprint density at radius 3 is 0.906 bits per heavy atom. The van der Waals surface area contributed by atoms with Gasteiger partial charge in [0, 0.05) is 39.5 Å². The number of para-hydroxylation sites is 4. The smallest absolute Gasteiger partial charge is 0.0488 e. The van der Waals surface area contributed by atoms with Gasteiger partial charge in [-0.2, -0.15) is 0 Å². The highest BCUT2D eigenvalue weighted by atomic mass is 15.2. The molecule has 256 valence electrons. The fourth-order valence-corrected chi connectivity index (χ4v) is 7.18. The molecule has 8 aromatic rings. The van der Waals surface area contributed by atoms with E-state index in [9.17, 15) is 0 Å². The molecular formula is C51H42N2. The molecule has 0 aromatic heterocycles. The highest BCUT2D eigenvalue weighted by molar-refractivity contribution is 5.87. The van der Waals surface area contributed by atoms with Gasteiger partial charge < -0.3 is 9.80 Å². The number of anilines is 6. The Morgan fingerprint density at radius 1 is 0.264 bits per heavy atom. The zero-order valence-electron chi connectivity index (χ0n) is 30.2. The fraction of sp³-hybridized carbons (Fsp3) is 0.0588. The van der Waals surface area contributed by atoms with E-state index < -0.39 is 0 Å². The van der Waals surface area contributed by atoms with Gasteiger partial charge in [-0.15, -0.1) is 0 Å². The molecule has 2 nitrogen and oxygen atoms in total. The lowest BCUT2D eigenvalue weighted by Gasteiger charge is -2.30. The van der Waals surface area contributed by atoms with Crippen LogP contribution in [0.2, 0.25) is 0 Å². The van der Waals surface area contributed by atoms with Crippen molar-refractivity contribution in [3.63, 3.8) is 0 Å². The van der Waals surface area contributed by atoms with Gasteiger partial charge in [0.2, 0.25) is 0 Å². The third-order valence-corrected chi connectivity index (χ3v) is 10.1. The Bertz CT molecular complexity index is 2190. The molecule has 0 bridgehead atoms. The monoisotopic (exact) mass is 682 g/mol. The molecule has 0 heterocycles. The van der Waals surface area contributed by atoms with E-state index in [0.717, 1.165) is 45.3 Å². The van der Waals surface area contributed by atoms with Crippen molar-refractivity contribution in [1.29, 1.82) is 0 Å². The van der Waals surface area contributed by atoms with E-state index in [1.807, 2.05) is 0 Å². The van der Waals surface area contributed by atoms with Crippen molar-refractivity contribution >= 4 is 34.1 Å². The minimum absolute atomic E-state index is 0.0763. The molecular weight excluding hydrogens is 641 g/mol. The van der Waals surface area contributed by atoms with E-state index >= 15 is 0 Å². The summed E-state index contributed by atoms with van der Waals surface area (Å²) < 4.78 is 0. The first-order valence-corrected chi connectivity index (χ1v) is 18.3. The van der Waals surface area contributed by atoms with Crippen LogP contribution in [0.1, 0.15) is 25.0 Å². The molecule has 0 aliphatic rings. The number of hydrogen-bond acceptors (Lipinski definition) is 2. The van der Waals surface area contributed by atoms with Crippen LogP contribution in [-0.2, 0) is 5.41 Å². The van der Waals surface area contributed by atoms with Crippen LogP contribution in [0.5, 0.6) is 0 Å². The molecule has 0 radical (unpaired) electrons. The van der Waals surface area contributed by atoms with Gasteiger partial charge in [0.05, 0.1) is 0 Å². The van der Waals surface area contributed by atoms with Crippen molar-refractivity contribution in [2.24, 2.45) is 0 Å². The van der Waals surface area contributed by atoms with Crippen molar-refractivity contribution in [2.75, 3.05) is 9.80 Å². The Hall–Kier alpha value is -6.64. The van der Waals surface area contributed by atoms with Crippen LogP contribution < -0.4 is 9.80 Å². The van der Waals surface area contributed by atoms with Gasteiger partial charge in [0.25, 0.3) is 0 Å². The molecule has 0 spiro atoms. The predicted octanol–water partition coefficient (Wildman–Crippen LogP) is 14.3. The van der Waals surface area contributed by atoms with Gasteiger partial charge in [0.1, 0.15) is 0 Å². The van der Waals surface area contributed by atoms with Crippen LogP contribution >= 0.6 is 0 Å². The van der Waals surface area contributed by atoms with Gasteiger partial charge in [-0.3, -0.25) is 0 Å². The maximum Gasteiger partial charge on any atom is 0.0488 e. The number of benzene rings is 8. The molecule has 2 heteroatoms. The summed E-state index contributed by atoms with van der Waals surface area (Å²) in [6.07, 6.45) is 0. The van der Waals surface area contributed by atoms with E-state index in [1.54, 1.807) is 0 Å². The SMILES string of the molecule is CC(C)(c1ccccc1)c1ccc(-c2ccc(-c3cc(N(c4ccccc4)c4ccccc4)cc(N(c4ccccc4)c4ccccc4)c3)cc2)cc1. The molecule has 0 N–H and O–H groups in total. The van der Waals surface area contributed by atoms with Gasteiger partial charge >= 0.3 is 0 Å². The van der Waals surface area contributed by atoms with E-state index in [2.05, 4.69) is 242 Å². The van der Waals surface area contributed by atoms with E-state index in [0.29, 0.717) is 0 Å². The molecule has 8 rings (SSSR count). The van der Waals surface area contributed by atoms with E-state index in [4.69, 9.17) is 0 Å².